The number of methoxy groups -OCH3 is 2. The molecule has 1 amide bonds. The zero-order chi connectivity index (χ0) is 17.7. The van der Waals surface area contributed by atoms with Gasteiger partial charge in [0, 0.05) is 10.5 Å². The van der Waals surface area contributed by atoms with Crippen LogP contribution in [0.3, 0.4) is 0 Å². The minimum Gasteiger partial charge on any atom is -0.493 e. The highest BCUT2D eigenvalue weighted by Crippen LogP contribution is 2.34. The average molecular weight is 400 g/mol. The van der Waals surface area contributed by atoms with Crippen molar-refractivity contribution in [2.75, 3.05) is 20.8 Å². The number of hydrogen-bond donors (Lipinski definition) is 1. The minimum absolute atomic E-state index is 0.0341. The van der Waals surface area contributed by atoms with Crippen LogP contribution in [0, 0.1) is 5.92 Å². The van der Waals surface area contributed by atoms with Crippen LogP contribution in [0.2, 0.25) is 0 Å². The first-order valence-corrected chi connectivity index (χ1v) is 8.59. The van der Waals surface area contributed by atoms with Crippen molar-refractivity contribution in [2.24, 2.45) is 5.92 Å². The quantitative estimate of drug-likeness (QED) is 0.679. The van der Waals surface area contributed by atoms with Gasteiger partial charge in [-0.3, -0.25) is 9.59 Å². The Morgan fingerprint density at radius 1 is 1.25 bits per heavy atom. The molecule has 0 spiro atoms. The number of carbonyl (C=O) groups excluding carboxylic acids is 2. The fourth-order valence-corrected chi connectivity index (χ4v) is 2.86. The van der Waals surface area contributed by atoms with Crippen molar-refractivity contribution >= 4 is 27.8 Å². The maximum atomic E-state index is 12.0. The average Bonchev–Trinajstić information content (AvgIpc) is 3.39. The van der Waals surface area contributed by atoms with E-state index in [0.717, 1.165) is 12.8 Å². The van der Waals surface area contributed by atoms with Gasteiger partial charge in [-0.15, -0.1) is 0 Å². The zero-order valence-electron chi connectivity index (χ0n) is 14.1. The predicted molar refractivity (Wildman–Crippen MR) is 92.2 cm³/mol. The maximum absolute atomic E-state index is 12.0. The lowest BCUT2D eigenvalue weighted by atomic mass is 10.1. The van der Waals surface area contributed by atoms with Crippen molar-refractivity contribution < 1.29 is 23.8 Å². The van der Waals surface area contributed by atoms with Crippen LogP contribution in [0.4, 0.5) is 0 Å². The standard InChI is InChI=1S/C17H22BrNO5/c1-10(11-4-5-11)19-16(20)9-24-17(21)7-12-6-14(22-2)15(23-3)8-13(12)18/h6,8,10-11H,4-5,7,9H2,1-3H3,(H,19,20)/t10-/m0/s1. The highest BCUT2D eigenvalue weighted by Gasteiger charge is 2.29. The number of benzene rings is 1. The van der Waals surface area contributed by atoms with Crippen molar-refractivity contribution in [3.63, 3.8) is 0 Å². The number of carbonyl (C=O) groups is 2. The van der Waals surface area contributed by atoms with Gasteiger partial charge in [0.05, 0.1) is 20.6 Å². The molecular formula is C17H22BrNO5. The van der Waals surface area contributed by atoms with Gasteiger partial charge in [-0.2, -0.15) is 0 Å². The van der Waals surface area contributed by atoms with Crippen LogP contribution >= 0.6 is 15.9 Å². The van der Waals surface area contributed by atoms with E-state index in [1.54, 1.807) is 19.2 Å². The normalized spacial score (nSPS) is 14.7. The van der Waals surface area contributed by atoms with Crippen molar-refractivity contribution in [2.45, 2.75) is 32.2 Å². The molecule has 7 heteroatoms. The molecule has 0 unspecified atom stereocenters. The zero-order valence-corrected chi connectivity index (χ0v) is 15.6. The largest absolute Gasteiger partial charge is 0.493 e. The van der Waals surface area contributed by atoms with E-state index < -0.39 is 5.97 Å². The lowest BCUT2D eigenvalue weighted by molar-refractivity contribution is -0.148. The third-order valence-corrected chi connectivity index (χ3v) is 4.71. The molecule has 1 atom stereocenters. The minimum atomic E-state index is -0.475. The van der Waals surface area contributed by atoms with Gasteiger partial charge >= 0.3 is 5.97 Å². The van der Waals surface area contributed by atoms with Crippen LogP contribution in [-0.4, -0.2) is 38.7 Å². The molecule has 1 aromatic rings. The fourth-order valence-electron chi connectivity index (χ4n) is 2.39. The second kappa shape index (κ2) is 8.37. The summed E-state index contributed by atoms with van der Waals surface area (Å²) in [6.45, 7) is 1.71. The topological polar surface area (TPSA) is 73.9 Å². The summed E-state index contributed by atoms with van der Waals surface area (Å²) < 4.78 is 16.2. The number of rotatable bonds is 8. The number of amides is 1. The number of esters is 1. The molecule has 0 saturated heterocycles. The molecule has 0 aliphatic heterocycles. The van der Waals surface area contributed by atoms with Gasteiger partial charge in [0.15, 0.2) is 18.1 Å². The predicted octanol–water partition coefficient (Wildman–Crippen LogP) is 2.47. The molecule has 0 bridgehead atoms. The Hall–Kier alpha value is -1.76. The maximum Gasteiger partial charge on any atom is 0.310 e. The van der Waals surface area contributed by atoms with E-state index in [9.17, 15) is 9.59 Å². The van der Waals surface area contributed by atoms with E-state index in [0.29, 0.717) is 27.5 Å². The van der Waals surface area contributed by atoms with Gasteiger partial charge in [0.2, 0.25) is 0 Å². The lowest BCUT2D eigenvalue weighted by Gasteiger charge is -2.13. The number of nitrogens with one attached hydrogen (secondary N) is 1. The van der Waals surface area contributed by atoms with Gasteiger partial charge < -0.3 is 19.5 Å². The molecule has 2 rings (SSSR count). The molecule has 6 nitrogen and oxygen atoms in total. The first-order valence-electron chi connectivity index (χ1n) is 7.80. The molecule has 1 fully saturated rings. The Morgan fingerprint density at radius 3 is 2.46 bits per heavy atom. The third-order valence-electron chi connectivity index (χ3n) is 3.97. The van der Waals surface area contributed by atoms with E-state index in [1.807, 2.05) is 6.92 Å². The van der Waals surface area contributed by atoms with Gasteiger partial charge in [0.1, 0.15) is 0 Å². The van der Waals surface area contributed by atoms with Gasteiger partial charge in [-0.1, -0.05) is 15.9 Å². The van der Waals surface area contributed by atoms with Crippen molar-refractivity contribution in [1.82, 2.24) is 5.32 Å². The lowest BCUT2D eigenvalue weighted by Crippen LogP contribution is -2.37. The van der Waals surface area contributed by atoms with Crippen molar-refractivity contribution in [3.05, 3.63) is 22.2 Å². The molecule has 1 aliphatic carbocycles. The molecule has 0 heterocycles. The summed E-state index contributed by atoms with van der Waals surface area (Å²) in [5, 5.41) is 2.84. The Morgan fingerprint density at radius 2 is 1.88 bits per heavy atom. The Bertz CT molecular complexity index is 615. The van der Waals surface area contributed by atoms with Crippen LogP contribution in [0.15, 0.2) is 16.6 Å². The first-order chi connectivity index (χ1) is 11.4. The molecule has 1 saturated carbocycles. The summed E-state index contributed by atoms with van der Waals surface area (Å²) in [4.78, 5) is 23.7. The Balaban J connectivity index is 1.86. The monoisotopic (exact) mass is 399 g/mol. The molecule has 132 valence electrons. The molecule has 24 heavy (non-hydrogen) atoms. The number of hydrogen-bond acceptors (Lipinski definition) is 5. The second-order valence-corrected chi connectivity index (χ2v) is 6.68. The molecule has 1 N–H and O–H groups in total. The molecule has 0 radical (unpaired) electrons. The van der Waals surface area contributed by atoms with Crippen LogP contribution in [0.5, 0.6) is 11.5 Å². The summed E-state index contributed by atoms with van der Waals surface area (Å²) in [7, 11) is 3.07. The summed E-state index contributed by atoms with van der Waals surface area (Å²) >= 11 is 3.39. The summed E-state index contributed by atoms with van der Waals surface area (Å²) in [6, 6.07) is 3.57. The van der Waals surface area contributed by atoms with E-state index in [2.05, 4.69) is 21.2 Å². The Kier molecular flexibility index (Phi) is 6.48. The molecule has 1 aliphatic rings. The van der Waals surface area contributed by atoms with Crippen LogP contribution in [0.25, 0.3) is 0 Å². The van der Waals surface area contributed by atoms with Crippen LogP contribution in [-0.2, 0) is 20.7 Å². The second-order valence-electron chi connectivity index (χ2n) is 5.83. The highest BCUT2D eigenvalue weighted by atomic mass is 79.9. The summed E-state index contributed by atoms with van der Waals surface area (Å²) in [5.74, 6) is 0.910. The fraction of sp³-hybridized carbons (Fsp3) is 0.529. The summed E-state index contributed by atoms with van der Waals surface area (Å²) in [5.41, 5.74) is 0.699. The number of halogens is 1. The highest BCUT2D eigenvalue weighted by molar-refractivity contribution is 9.10. The molecule has 0 aromatic heterocycles. The SMILES string of the molecule is COc1cc(Br)c(CC(=O)OCC(=O)N[C@@H](C)C2CC2)cc1OC. The Labute approximate surface area is 150 Å². The van der Waals surface area contributed by atoms with Crippen molar-refractivity contribution in [3.8, 4) is 11.5 Å². The van der Waals surface area contributed by atoms with Crippen LogP contribution < -0.4 is 14.8 Å². The summed E-state index contributed by atoms with van der Waals surface area (Å²) in [6.07, 6.45) is 2.33. The van der Waals surface area contributed by atoms with E-state index in [1.165, 1.54) is 7.11 Å². The van der Waals surface area contributed by atoms with E-state index in [4.69, 9.17) is 14.2 Å². The third kappa shape index (κ3) is 5.12. The van der Waals surface area contributed by atoms with E-state index >= 15 is 0 Å². The smallest absolute Gasteiger partial charge is 0.310 e. The van der Waals surface area contributed by atoms with Crippen LogP contribution in [0.1, 0.15) is 25.3 Å². The van der Waals surface area contributed by atoms with Gasteiger partial charge in [-0.05, 0) is 43.4 Å². The van der Waals surface area contributed by atoms with Gasteiger partial charge in [-0.25, -0.2) is 0 Å². The van der Waals surface area contributed by atoms with E-state index in [-0.39, 0.29) is 25.0 Å². The molecule has 1 aromatic carbocycles. The van der Waals surface area contributed by atoms with Gasteiger partial charge in [0.25, 0.3) is 5.91 Å². The molecular weight excluding hydrogens is 378 g/mol. The number of ether oxygens (including phenoxy) is 3. The first kappa shape index (κ1) is 18.6. The van der Waals surface area contributed by atoms with Crippen molar-refractivity contribution in [1.29, 1.82) is 0 Å².